The number of carboxylic acids is 1. The molecule has 0 aromatic heterocycles. The fourth-order valence-corrected chi connectivity index (χ4v) is 4.29. The van der Waals surface area contributed by atoms with Crippen molar-refractivity contribution < 1.29 is 29.0 Å². The van der Waals surface area contributed by atoms with E-state index in [1.807, 2.05) is 62.4 Å². The molecule has 1 unspecified atom stereocenters. The topological polar surface area (TPSA) is 125 Å². The Morgan fingerprint density at radius 3 is 2.09 bits per heavy atom. The Morgan fingerprint density at radius 1 is 0.971 bits per heavy atom. The van der Waals surface area contributed by atoms with Crippen LogP contribution in [0.25, 0.3) is 11.1 Å². The van der Waals surface area contributed by atoms with Gasteiger partial charge in [0.2, 0.25) is 11.8 Å². The second kappa shape index (κ2) is 12.0. The van der Waals surface area contributed by atoms with Crippen LogP contribution in [0.2, 0.25) is 0 Å². The summed E-state index contributed by atoms with van der Waals surface area (Å²) >= 11 is 0. The van der Waals surface area contributed by atoms with E-state index in [1.54, 1.807) is 4.90 Å². The van der Waals surface area contributed by atoms with Gasteiger partial charge in [-0.2, -0.15) is 0 Å². The number of carbonyl (C=O) groups is 4. The average Bonchev–Trinajstić information content (AvgIpc) is 3.18. The molecule has 3 N–H and O–H groups in total. The van der Waals surface area contributed by atoms with Crippen molar-refractivity contribution in [3.63, 3.8) is 0 Å². The zero-order chi connectivity index (χ0) is 25.4. The number of likely N-dealkylation sites (N-methyl/N-ethyl adjacent to an activating group) is 1. The van der Waals surface area contributed by atoms with Gasteiger partial charge >= 0.3 is 12.1 Å². The Balaban J connectivity index is 1.62. The van der Waals surface area contributed by atoms with Crippen molar-refractivity contribution in [2.24, 2.45) is 0 Å². The first-order valence-electron chi connectivity index (χ1n) is 11.7. The first kappa shape index (κ1) is 25.7. The van der Waals surface area contributed by atoms with Gasteiger partial charge in [-0.05, 0) is 42.5 Å². The van der Waals surface area contributed by atoms with E-state index in [0.717, 1.165) is 22.3 Å². The lowest BCUT2D eigenvalue weighted by atomic mass is 9.98. The Bertz CT molecular complexity index is 1040. The lowest BCUT2D eigenvalue weighted by Crippen LogP contribution is -2.49. The number of benzene rings is 2. The molecule has 3 amide bonds. The molecule has 9 heteroatoms. The van der Waals surface area contributed by atoms with E-state index in [1.165, 1.54) is 0 Å². The summed E-state index contributed by atoms with van der Waals surface area (Å²) in [5.41, 5.74) is 4.29. The van der Waals surface area contributed by atoms with Crippen molar-refractivity contribution in [1.29, 1.82) is 0 Å². The summed E-state index contributed by atoms with van der Waals surface area (Å²) in [6.45, 7) is 4.50. The predicted octanol–water partition coefficient (Wildman–Crippen LogP) is 2.74. The van der Waals surface area contributed by atoms with Gasteiger partial charge in [-0.3, -0.25) is 14.4 Å². The van der Waals surface area contributed by atoms with E-state index in [9.17, 15) is 19.2 Å². The molecule has 1 aliphatic carbocycles. The molecule has 0 bridgehead atoms. The van der Waals surface area contributed by atoms with E-state index in [2.05, 4.69) is 10.6 Å². The van der Waals surface area contributed by atoms with E-state index in [4.69, 9.17) is 9.84 Å². The molecule has 0 saturated carbocycles. The normalized spacial score (nSPS) is 12.7. The highest BCUT2D eigenvalue weighted by Gasteiger charge is 2.30. The average molecular weight is 482 g/mol. The lowest BCUT2D eigenvalue weighted by molar-refractivity contribution is -0.137. The molecule has 9 nitrogen and oxygen atoms in total. The summed E-state index contributed by atoms with van der Waals surface area (Å²) in [7, 11) is 0. The second-order valence-corrected chi connectivity index (χ2v) is 8.24. The van der Waals surface area contributed by atoms with Crippen molar-refractivity contribution >= 4 is 23.9 Å². The number of ether oxygens (including phenoxy) is 1. The van der Waals surface area contributed by atoms with Gasteiger partial charge in [0.05, 0.1) is 6.54 Å². The van der Waals surface area contributed by atoms with Crippen LogP contribution in [0.5, 0.6) is 0 Å². The van der Waals surface area contributed by atoms with Crippen LogP contribution in [0.1, 0.15) is 43.7 Å². The molecule has 0 aliphatic heterocycles. The van der Waals surface area contributed by atoms with E-state index in [-0.39, 0.29) is 37.8 Å². The maximum absolute atomic E-state index is 12.6. The van der Waals surface area contributed by atoms with Gasteiger partial charge in [-0.1, -0.05) is 48.5 Å². The minimum absolute atomic E-state index is 0.0631. The minimum Gasteiger partial charge on any atom is -0.481 e. The Kier molecular flexibility index (Phi) is 8.83. The summed E-state index contributed by atoms with van der Waals surface area (Å²) in [5.74, 6) is -2.15. The summed E-state index contributed by atoms with van der Waals surface area (Å²) < 4.78 is 5.47. The quantitative estimate of drug-likeness (QED) is 0.453. The monoisotopic (exact) mass is 481 g/mol. The summed E-state index contributed by atoms with van der Waals surface area (Å²) in [5, 5.41) is 14.0. The number of hydrogen-bond donors (Lipinski definition) is 3. The molecule has 1 atom stereocenters. The van der Waals surface area contributed by atoms with Crippen LogP contribution in [-0.4, -0.2) is 66.2 Å². The SMILES string of the molecule is CCN(CC)C(=O)CNC(=O)C(CCC(=O)O)NC(=O)OCC1c2ccccc2-c2ccccc21. The summed E-state index contributed by atoms with van der Waals surface area (Å²) in [6, 6.07) is 14.7. The molecule has 1 aliphatic rings. The zero-order valence-corrected chi connectivity index (χ0v) is 20.0. The van der Waals surface area contributed by atoms with Crippen LogP contribution in [0.3, 0.4) is 0 Å². The van der Waals surface area contributed by atoms with Gasteiger partial charge in [-0.25, -0.2) is 4.79 Å². The first-order valence-corrected chi connectivity index (χ1v) is 11.7. The maximum Gasteiger partial charge on any atom is 0.407 e. The van der Waals surface area contributed by atoms with Gasteiger partial charge in [0.1, 0.15) is 12.6 Å². The number of nitrogens with one attached hydrogen (secondary N) is 2. The standard InChI is InChI=1S/C26H31N3O6/c1-3-29(4-2)23(30)15-27-25(33)22(13-14-24(31)32)28-26(34)35-16-21-19-11-7-5-9-17(19)18-10-6-8-12-20(18)21/h5-12,21-22H,3-4,13-16H2,1-2H3,(H,27,33)(H,28,34)(H,31,32). The first-order chi connectivity index (χ1) is 16.8. The maximum atomic E-state index is 12.6. The number of rotatable bonds is 11. The third-order valence-corrected chi connectivity index (χ3v) is 6.13. The van der Waals surface area contributed by atoms with E-state index >= 15 is 0 Å². The zero-order valence-electron chi connectivity index (χ0n) is 20.0. The van der Waals surface area contributed by atoms with Gasteiger partial charge < -0.3 is 25.4 Å². The highest BCUT2D eigenvalue weighted by atomic mass is 16.5. The minimum atomic E-state index is -1.15. The molecule has 0 heterocycles. The number of alkyl carbamates (subject to hydrolysis) is 1. The molecule has 0 fully saturated rings. The van der Waals surface area contributed by atoms with E-state index < -0.39 is 24.0 Å². The van der Waals surface area contributed by atoms with Crippen LogP contribution >= 0.6 is 0 Å². The fourth-order valence-electron chi connectivity index (χ4n) is 4.29. The second-order valence-electron chi connectivity index (χ2n) is 8.24. The molecular weight excluding hydrogens is 450 g/mol. The van der Waals surface area contributed by atoms with Crippen LogP contribution < -0.4 is 10.6 Å². The number of hydrogen-bond acceptors (Lipinski definition) is 5. The van der Waals surface area contributed by atoms with Crippen molar-refractivity contribution in [3.05, 3.63) is 59.7 Å². The molecular formula is C26H31N3O6. The lowest BCUT2D eigenvalue weighted by Gasteiger charge is -2.21. The summed E-state index contributed by atoms with van der Waals surface area (Å²) in [4.78, 5) is 50.0. The fraction of sp³-hybridized carbons (Fsp3) is 0.385. The van der Waals surface area contributed by atoms with Crippen molar-refractivity contribution in [2.75, 3.05) is 26.2 Å². The van der Waals surface area contributed by atoms with Crippen molar-refractivity contribution in [3.8, 4) is 11.1 Å². The highest BCUT2D eigenvalue weighted by molar-refractivity contribution is 5.89. The largest absolute Gasteiger partial charge is 0.481 e. The van der Waals surface area contributed by atoms with Crippen LogP contribution in [-0.2, 0) is 19.1 Å². The summed E-state index contributed by atoms with van der Waals surface area (Å²) in [6.07, 6.45) is -1.29. The van der Waals surface area contributed by atoms with Crippen LogP contribution in [0.4, 0.5) is 4.79 Å². The Morgan fingerprint density at radius 2 is 1.54 bits per heavy atom. The molecule has 2 aromatic carbocycles. The number of carbonyl (C=O) groups excluding carboxylic acids is 3. The van der Waals surface area contributed by atoms with Crippen molar-refractivity contribution in [1.82, 2.24) is 15.5 Å². The number of carboxylic acid groups (broad SMARTS) is 1. The molecule has 35 heavy (non-hydrogen) atoms. The number of fused-ring (bicyclic) bond motifs is 3. The van der Waals surface area contributed by atoms with Gasteiger partial charge in [0, 0.05) is 25.4 Å². The molecule has 3 rings (SSSR count). The Hall–Kier alpha value is -3.88. The third-order valence-electron chi connectivity index (χ3n) is 6.13. The number of aliphatic carboxylic acids is 1. The smallest absolute Gasteiger partial charge is 0.407 e. The van der Waals surface area contributed by atoms with Crippen molar-refractivity contribution in [2.45, 2.75) is 38.6 Å². The third kappa shape index (κ3) is 6.38. The van der Waals surface area contributed by atoms with Gasteiger partial charge in [0.25, 0.3) is 0 Å². The van der Waals surface area contributed by atoms with Crippen LogP contribution in [0.15, 0.2) is 48.5 Å². The predicted molar refractivity (Wildman–Crippen MR) is 130 cm³/mol. The molecule has 0 saturated heterocycles. The van der Waals surface area contributed by atoms with Crippen LogP contribution in [0, 0.1) is 0 Å². The van der Waals surface area contributed by atoms with Gasteiger partial charge in [-0.15, -0.1) is 0 Å². The number of amides is 3. The number of nitrogens with zero attached hydrogens (tertiary/aromatic N) is 1. The van der Waals surface area contributed by atoms with Gasteiger partial charge in [0.15, 0.2) is 0 Å². The van der Waals surface area contributed by atoms with E-state index in [0.29, 0.717) is 13.1 Å². The molecule has 2 aromatic rings. The molecule has 186 valence electrons. The Labute approximate surface area is 204 Å². The molecule has 0 spiro atoms. The molecule has 0 radical (unpaired) electrons. The highest BCUT2D eigenvalue weighted by Crippen LogP contribution is 2.44.